The molecule has 1 aliphatic carbocycles. The van der Waals surface area contributed by atoms with Gasteiger partial charge >= 0.3 is 0 Å². The summed E-state index contributed by atoms with van der Waals surface area (Å²) in [4.78, 5) is 2.62. The van der Waals surface area contributed by atoms with E-state index < -0.39 is 0 Å². The average molecular weight is 274 g/mol. The molecule has 1 heterocycles. The molecule has 1 saturated heterocycles. The highest BCUT2D eigenvalue weighted by Gasteiger charge is 2.32. The van der Waals surface area contributed by atoms with Crippen molar-refractivity contribution in [2.75, 3.05) is 20.2 Å². The summed E-state index contributed by atoms with van der Waals surface area (Å²) in [6.07, 6.45) is 4.96. The summed E-state index contributed by atoms with van der Waals surface area (Å²) < 4.78 is 5.35. The van der Waals surface area contributed by atoms with E-state index in [0.717, 1.165) is 18.1 Å². The predicted molar refractivity (Wildman–Crippen MR) is 82.0 cm³/mol. The third-order valence-corrected chi connectivity index (χ3v) is 5.12. The van der Waals surface area contributed by atoms with Crippen molar-refractivity contribution in [2.45, 2.75) is 44.7 Å². The molecule has 0 amide bonds. The molecule has 2 unspecified atom stereocenters. The number of fused-ring (bicyclic) bond motifs is 1. The molecule has 3 nitrogen and oxygen atoms in total. The van der Waals surface area contributed by atoms with Gasteiger partial charge in [0.2, 0.25) is 0 Å². The Morgan fingerprint density at radius 2 is 1.95 bits per heavy atom. The molecular weight excluding hydrogens is 248 g/mol. The van der Waals surface area contributed by atoms with Gasteiger partial charge in [0, 0.05) is 12.1 Å². The molecule has 3 rings (SSSR count). The molecule has 1 aliphatic heterocycles. The van der Waals surface area contributed by atoms with E-state index in [-0.39, 0.29) is 6.04 Å². The fraction of sp³-hybridized carbons (Fsp3) is 0.647. The van der Waals surface area contributed by atoms with Gasteiger partial charge in [-0.15, -0.1) is 0 Å². The maximum atomic E-state index is 6.58. The lowest BCUT2D eigenvalue weighted by Crippen LogP contribution is -2.48. The summed E-state index contributed by atoms with van der Waals surface area (Å²) in [6, 6.07) is 7.00. The first-order valence-corrected chi connectivity index (χ1v) is 7.85. The average Bonchev–Trinajstić information content (AvgIpc) is 2.49. The number of hydrogen-bond acceptors (Lipinski definition) is 3. The summed E-state index contributed by atoms with van der Waals surface area (Å²) >= 11 is 0. The van der Waals surface area contributed by atoms with Gasteiger partial charge < -0.3 is 10.5 Å². The van der Waals surface area contributed by atoms with Crippen molar-refractivity contribution in [2.24, 2.45) is 11.7 Å². The molecule has 0 aromatic heterocycles. The summed E-state index contributed by atoms with van der Waals surface area (Å²) in [5, 5.41) is 0. The molecule has 0 saturated carbocycles. The van der Waals surface area contributed by atoms with E-state index >= 15 is 0 Å². The zero-order valence-corrected chi connectivity index (χ0v) is 12.6. The predicted octanol–water partition coefficient (Wildman–Crippen LogP) is 2.74. The van der Waals surface area contributed by atoms with Gasteiger partial charge in [-0.3, -0.25) is 4.90 Å². The van der Waals surface area contributed by atoms with Gasteiger partial charge in [0.25, 0.3) is 0 Å². The molecule has 110 valence electrons. The smallest absolute Gasteiger partial charge is 0.119 e. The van der Waals surface area contributed by atoms with Gasteiger partial charge in [-0.05, 0) is 68.0 Å². The second kappa shape index (κ2) is 5.74. The van der Waals surface area contributed by atoms with Crippen LogP contribution < -0.4 is 10.5 Å². The summed E-state index contributed by atoms with van der Waals surface area (Å²) in [6.45, 7) is 4.77. The number of methoxy groups -OCH3 is 1. The number of ether oxygens (including phenoxy) is 1. The van der Waals surface area contributed by atoms with Crippen LogP contribution in [0.25, 0.3) is 0 Å². The number of likely N-dealkylation sites (tertiary alicyclic amines) is 1. The van der Waals surface area contributed by atoms with Crippen LogP contribution in [0.4, 0.5) is 0 Å². The molecule has 0 radical (unpaired) electrons. The molecule has 3 heteroatoms. The SMILES string of the molecule is COc1ccc2c(c1)C(N)C(N1CCC(C)CC1)CC2. The van der Waals surface area contributed by atoms with E-state index in [9.17, 15) is 0 Å². The number of nitrogens with two attached hydrogens (primary N) is 1. The minimum absolute atomic E-state index is 0.127. The van der Waals surface area contributed by atoms with Crippen LogP contribution in [0.3, 0.4) is 0 Å². The fourth-order valence-corrected chi connectivity index (χ4v) is 3.70. The fourth-order valence-electron chi connectivity index (χ4n) is 3.70. The lowest BCUT2D eigenvalue weighted by atomic mass is 9.82. The number of nitrogens with zero attached hydrogens (tertiary/aromatic N) is 1. The highest BCUT2D eigenvalue weighted by molar-refractivity contribution is 5.40. The van der Waals surface area contributed by atoms with E-state index in [0.29, 0.717) is 6.04 Å². The highest BCUT2D eigenvalue weighted by Crippen LogP contribution is 2.35. The quantitative estimate of drug-likeness (QED) is 0.901. The molecule has 0 spiro atoms. The van der Waals surface area contributed by atoms with E-state index in [1.54, 1.807) is 7.11 Å². The summed E-state index contributed by atoms with van der Waals surface area (Å²) in [7, 11) is 1.72. The molecule has 0 bridgehead atoms. The zero-order valence-electron chi connectivity index (χ0n) is 12.6. The monoisotopic (exact) mass is 274 g/mol. The minimum atomic E-state index is 0.127. The summed E-state index contributed by atoms with van der Waals surface area (Å²) in [5.74, 6) is 1.80. The van der Waals surface area contributed by atoms with Gasteiger partial charge in [-0.25, -0.2) is 0 Å². The third-order valence-electron chi connectivity index (χ3n) is 5.12. The van der Waals surface area contributed by atoms with Crippen LogP contribution in [0.15, 0.2) is 18.2 Å². The Hall–Kier alpha value is -1.06. The van der Waals surface area contributed by atoms with Gasteiger partial charge in [0.1, 0.15) is 5.75 Å². The Bertz CT molecular complexity index is 466. The number of rotatable bonds is 2. The van der Waals surface area contributed by atoms with Gasteiger partial charge in [-0.2, -0.15) is 0 Å². The maximum absolute atomic E-state index is 6.58. The Labute approximate surface area is 122 Å². The van der Waals surface area contributed by atoms with Gasteiger partial charge in [-0.1, -0.05) is 13.0 Å². The molecule has 2 aliphatic rings. The van der Waals surface area contributed by atoms with Crippen molar-refractivity contribution < 1.29 is 4.74 Å². The van der Waals surface area contributed by atoms with Crippen LogP contribution in [0.5, 0.6) is 5.75 Å². The van der Waals surface area contributed by atoms with E-state index in [1.807, 2.05) is 0 Å². The first-order chi connectivity index (χ1) is 9.69. The Morgan fingerprint density at radius 1 is 1.20 bits per heavy atom. The van der Waals surface area contributed by atoms with Crippen molar-refractivity contribution in [3.8, 4) is 5.75 Å². The second-order valence-corrected chi connectivity index (χ2v) is 6.42. The molecule has 2 N–H and O–H groups in total. The van der Waals surface area contributed by atoms with Gasteiger partial charge in [0.05, 0.1) is 7.11 Å². The first kappa shape index (κ1) is 13.9. The first-order valence-electron chi connectivity index (χ1n) is 7.85. The third kappa shape index (κ3) is 2.57. The standard InChI is InChI=1S/C17H26N2O/c1-12-7-9-19(10-8-12)16-6-4-13-3-5-14(20-2)11-15(13)17(16)18/h3,5,11-12,16-17H,4,6-10,18H2,1-2H3. The Morgan fingerprint density at radius 3 is 2.65 bits per heavy atom. The lowest BCUT2D eigenvalue weighted by Gasteiger charge is -2.42. The van der Waals surface area contributed by atoms with E-state index in [4.69, 9.17) is 10.5 Å². The molecule has 1 aromatic rings. The van der Waals surface area contributed by atoms with Crippen molar-refractivity contribution in [1.29, 1.82) is 0 Å². The molecular formula is C17H26N2O. The number of hydrogen-bond donors (Lipinski definition) is 1. The van der Waals surface area contributed by atoms with Crippen LogP contribution in [0.2, 0.25) is 0 Å². The van der Waals surface area contributed by atoms with E-state index in [2.05, 4.69) is 30.0 Å². The number of aryl methyl sites for hydroxylation is 1. The lowest BCUT2D eigenvalue weighted by molar-refractivity contribution is 0.109. The van der Waals surface area contributed by atoms with Crippen molar-refractivity contribution in [3.05, 3.63) is 29.3 Å². The molecule has 1 fully saturated rings. The molecule has 2 atom stereocenters. The van der Waals surface area contributed by atoms with Crippen LogP contribution in [-0.2, 0) is 6.42 Å². The topological polar surface area (TPSA) is 38.5 Å². The molecule has 1 aromatic carbocycles. The molecule has 20 heavy (non-hydrogen) atoms. The Kier molecular flexibility index (Phi) is 3.99. The second-order valence-electron chi connectivity index (χ2n) is 6.42. The number of piperidine rings is 1. The zero-order chi connectivity index (χ0) is 14.1. The van der Waals surface area contributed by atoms with Crippen LogP contribution in [0, 0.1) is 5.92 Å². The van der Waals surface area contributed by atoms with Crippen LogP contribution in [0.1, 0.15) is 43.4 Å². The summed E-state index contributed by atoms with van der Waals surface area (Å²) in [5.41, 5.74) is 9.28. The maximum Gasteiger partial charge on any atom is 0.119 e. The van der Waals surface area contributed by atoms with Crippen molar-refractivity contribution >= 4 is 0 Å². The van der Waals surface area contributed by atoms with Crippen molar-refractivity contribution in [1.82, 2.24) is 4.90 Å². The Balaban J connectivity index is 1.79. The van der Waals surface area contributed by atoms with Crippen LogP contribution >= 0.6 is 0 Å². The highest BCUT2D eigenvalue weighted by atomic mass is 16.5. The number of benzene rings is 1. The van der Waals surface area contributed by atoms with Crippen LogP contribution in [-0.4, -0.2) is 31.1 Å². The largest absolute Gasteiger partial charge is 0.497 e. The van der Waals surface area contributed by atoms with Crippen molar-refractivity contribution in [3.63, 3.8) is 0 Å². The normalized spacial score (nSPS) is 28.1. The van der Waals surface area contributed by atoms with Gasteiger partial charge in [0.15, 0.2) is 0 Å². The minimum Gasteiger partial charge on any atom is -0.497 e. The van der Waals surface area contributed by atoms with E-state index in [1.165, 1.54) is 43.5 Å².